The van der Waals surface area contributed by atoms with E-state index in [1.54, 1.807) is 6.07 Å². The number of hydrogen-bond acceptors (Lipinski definition) is 6. The van der Waals surface area contributed by atoms with Crippen LogP contribution in [0, 0.1) is 12.3 Å². The lowest BCUT2D eigenvalue weighted by Crippen LogP contribution is -2.09. The third-order valence-corrected chi connectivity index (χ3v) is 4.93. The second kappa shape index (κ2) is 6.93. The van der Waals surface area contributed by atoms with Crippen molar-refractivity contribution in [2.75, 3.05) is 0 Å². The molecule has 5 rings (SSSR count). The highest BCUT2D eigenvalue weighted by atomic mass is 35.5. The lowest BCUT2D eigenvalue weighted by Gasteiger charge is -2.08. The van der Waals surface area contributed by atoms with Gasteiger partial charge in [0.15, 0.2) is 11.5 Å². The number of hydrogen-bond donors (Lipinski definition) is 1. The number of nitrogens with one attached hydrogen (secondary N) is 1. The van der Waals surface area contributed by atoms with E-state index in [1.807, 2.05) is 0 Å². The normalized spacial score (nSPS) is 11.8. The quantitative estimate of drug-likeness (QED) is 0.403. The molecule has 1 N–H and O–H groups in total. The summed E-state index contributed by atoms with van der Waals surface area (Å²) >= 11 is 6.11. The molecule has 4 heterocycles. The number of H-pyrrole nitrogens is 1. The fourth-order valence-electron chi connectivity index (χ4n) is 3.25. The average Bonchev–Trinajstić information content (AvgIpc) is 3.40. The Morgan fingerprint density at radius 1 is 1.28 bits per heavy atom. The number of halogens is 4. The van der Waals surface area contributed by atoms with Gasteiger partial charge in [0.05, 0.1) is 27.8 Å². The van der Waals surface area contributed by atoms with Crippen LogP contribution >= 0.6 is 11.6 Å². The lowest BCUT2D eigenvalue weighted by molar-refractivity contribution is -0.141. The van der Waals surface area contributed by atoms with Crippen molar-refractivity contribution in [3.8, 4) is 29.7 Å². The molecule has 0 atom stereocenters. The van der Waals surface area contributed by atoms with E-state index in [1.165, 1.54) is 24.5 Å². The fourth-order valence-corrected chi connectivity index (χ4v) is 3.45. The van der Waals surface area contributed by atoms with Crippen molar-refractivity contribution in [2.45, 2.75) is 6.18 Å². The molecule has 0 aliphatic heterocycles. The van der Waals surface area contributed by atoms with Crippen LogP contribution in [0.4, 0.5) is 13.2 Å². The molecule has 0 aliphatic carbocycles. The van der Waals surface area contributed by atoms with Crippen LogP contribution in [0.1, 0.15) is 11.3 Å². The summed E-state index contributed by atoms with van der Waals surface area (Å²) in [5.74, 6) is 1.87. The molecule has 12 heteroatoms. The summed E-state index contributed by atoms with van der Waals surface area (Å²) in [5, 5.41) is 10.7. The molecule has 8 nitrogen and oxygen atoms in total. The van der Waals surface area contributed by atoms with Crippen molar-refractivity contribution in [3.05, 3.63) is 63.4 Å². The number of aromatic nitrogens is 6. The summed E-state index contributed by atoms with van der Waals surface area (Å²) in [6, 6.07) is 5.19. The largest absolute Gasteiger partial charge is 0.435 e. The number of alkyl halides is 3. The molecule has 0 fully saturated rings. The highest BCUT2D eigenvalue weighted by Crippen LogP contribution is 2.34. The Morgan fingerprint density at radius 3 is 2.81 bits per heavy atom. The Labute approximate surface area is 180 Å². The Balaban J connectivity index is 1.86. The maximum atomic E-state index is 13.4. The van der Waals surface area contributed by atoms with E-state index in [2.05, 4.69) is 31.2 Å². The van der Waals surface area contributed by atoms with Crippen molar-refractivity contribution in [1.29, 1.82) is 0 Å². The molecular formula is C20H8ClF3N6O2. The number of pyridine rings is 1. The molecule has 0 spiro atoms. The van der Waals surface area contributed by atoms with Crippen LogP contribution in [0.2, 0.25) is 5.02 Å². The Hall–Kier alpha value is -4.17. The van der Waals surface area contributed by atoms with Crippen molar-refractivity contribution < 1.29 is 17.6 Å². The number of aromatic amines is 1. The minimum absolute atomic E-state index is 0.0229. The van der Waals surface area contributed by atoms with Crippen LogP contribution in [0.15, 0.2) is 45.9 Å². The Bertz CT molecular complexity index is 1630. The number of nitrogens with zero attached hydrogens (tertiary/aromatic N) is 5. The van der Waals surface area contributed by atoms with Gasteiger partial charge in [-0.3, -0.25) is 5.10 Å². The van der Waals surface area contributed by atoms with Crippen LogP contribution in [0.3, 0.4) is 0 Å². The zero-order valence-corrected chi connectivity index (χ0v) is 16.4. The second-order valence-corrected chi connectivity index (χ2v) is 6.97. The third kappa shape index (κ3) is 3.00. The summed E-state index contributed by atoms with van der Waals surface area (Å²) in [6.07, 6.45) is 3.58. The highest BCUT2D eigenvalue weighted by molar-refractivity contribution is 6.32. The van der Waals surface area contributed by atoms with E-state index in [-0.39, 0.29) is 33.0 Å². The zero-order valence-electron chi connectivity index (χ0n) is 15.6. The topological polar surface area (TPSA) is 102 Å². The van der Waals surface area contributed by atoms with Crippen LogP contribution in [-0.4, -0.2) is 29.9 Å². The summed E-state index contributed by atoms with van der Waals surface area (Å²) in [7, 11) is 0. The van der Waals surface area contributed by atoms with Crippen LogP contribution in [0.5, 0.6) is 0 Å². The van der Waals surface area contributed by atoms with Gasteiger partial charge in [0.25, 0.3) is 0 Å². The molecular weight excluding hydrogens is 449 g/mol. The van der Waals surface area contributed by atoms with Gasteiger partial charge in [0.2, 0.25) is 5.89 Å². The van der Waals surface area contributed by atoms with Crippen LogP contribution in [-0.2, 0) is 6.18 Å². The SMILES string of the molecule is C#Cc1cc2cn[nH]c2c2c(=O)oc(-c3cc(C(F)(F)F)nn3-c3ncccc3Cl)nc12. The molecule has 0 aliphatic rings. The summed E-state index contributed by atoms with van der Waals surface area (Å²) < 4.78 is 46.4. The van der Waals surface area contributed by atoms with Gasteiger partial charge in [-0.15, -0.1) is 6.42 Å². The van der Waals surface area contributed by atoms with Crippen molar-refractivity contribution in [2.24, 2.45) is 0 Å². The first kappa shape index (κ1) is 19.8. The van der Waals surface area contributed by atoms with Gasteiger partial charge in [-0.1, -0.05) is 17.5 Å². The number of terminal acetylenes is 1. The molecule has 0 saturated heterocycles. The maximum absolute atomic E-state index is 13.4. The number of benzene rings is 1. The average molecular weight is 457 g/mol. The predicted octanol–water partition coefficient (Wildman–Crippen LogP) is 3.97. The first-order valence-electron chi connectivity index (χ1n) is 8.84. The summed E-state index contributed by atoms with van der Waals surface area (Å²) in [5.41, 5.74) is -1.77. The van der Waals surface area contributed by atoms with E-state index >= 15 is 0 Å². The van der Waals surface area contributed by atoms with E-state index < -0.39 is 23.4 Å². The van der Waals surface area contributed by atoms with Gasteiger partial charge < -0.3 is 4.42 Å². The Kier molecular flexibility index (Phi) is 4.28. The van der Waals surface area contributed by atoms with E-state index in [9.17, 15) is 18.0 Å². The standard InChI is InChI=1S/C20H8ClF3N6O2/c1-2-9-6-10-8-26-28-16(10)14-15(9)27-18(32-19(14)31)12-7-13(20(22,23)24)29-30(12)17-11(21)4-3-5-25-17/h1,3-8H,(H,26,28). The summed E-state index contributed by atoms with van der Waals surface area (Å²) in [4.78, 5) is 21.1. The van der Waals surface area contributed by atoms with Crippen LogP contribution in [0.25, 0.3) is 39.2 Å². The molecule has 4 aromatic heterocycles. The maximum Gasteiger partial charge on any atom is 0.435 e. The number of fused-ring (bicyclic) bond motifs is 3. The van der Waals surface area contributed by atoms with E-state index in [0.717, 1.165) is 4.68 Å². The smallest absolute Gasteiger partial charge is 0.401 e. The van der Waals surface area contributed by atoms with Gasteiger partial charge in [-0.25, -0.2) is 19.4 Å². The molecule has 0 radical (unpaired) electrons. The first-order valence-corrected chi connectivity index (χ1v) is 9.22. The molecule has 158 valence electrons. The summed E-state index contributed by atoms with van der Waals surface area (Å²) in [6.45, 7) is 0. The van der Waals surface area contributed by atoms with Crippen molar-refractivity contribution in [3.63, 3.8) is 0 Å². The fraction of sp³-hybridized carbons (Fsp3) is 0.0500. The van der Waals surface area contributed by atoms with Gasteiger partial charge in [-0.2, -0.15) is 23.4 Å². The monoisotopic (exact) mass is 456 g/mol. The molecule has 0 amide bonds. The molecule has 5 aromatic rings. The molecule has 0 saturated carbocycles. The molecule has 1 aromatic carbocycles. The minimum Gasteiger partial charge on any atom is -0.401 e. The van der Waals surface area contributed by atoms with Crippen molar-refractivity contribution >= 4 is 33.4 Å². The predicted molar refractivity (Wildman–Crippen MR) is 108 cm³/mol. The molecule has 32 heavy (non-hydrogen) atoms. The second-order valence-electron chi connectivity index (χ2n) is 6.57. The van der Waals surface area contributed by atoms with E-state index in [0.29, 0.717) is 17.0 Å². The number of rotatable bonds is 2. The van der Waals surface area contributed by atoms with Gasteiger partial charge in [-0.05, 0) is 18.2 Å². The van der Waals surface area contributed by atoms with Crippen molar-refractivity contribution in [1.82, 2.24) is 29.9 Å². The first-order chi connectivity index (χ1) is 15.3. The van der Waals surface area contributed by atoms with Crippen LogP contribution < -0.4 is 5.63 Å². The van der Waals surface area contributed by atoms with Gasteiger partial charge in [0, 0.05) is 17.6 Å². The Morgan fingerprint density at radius 2 is 2.09 bits per heavy atom. The van der Waals surface area contributed by atoms with E-state index in [4.69, 9.17) is 22.4 Å². The minimum atomic E-state index is -4.79. The van der Waals surface area contributed by atoms with Gasteiger partial charge in [0.1, 0.15) is 11.1 Å². The van der Waals surface area contributed by atoms with Gasteiger partial charge >= 0.3 is 11.8 Å². The lowest BCUT2D eigenvalue weighted by atomic mass is 10.1. The molecule has 0 bridgehead atoms. The molecule has 0 unspecified atom stereocenters. The zero-order chi connectivity index (χ0) is 22.6. The third-order valence-electron chi connectivity index (χ3n) is 4.63. The highest BCUT2D eigenvalue weighted by Gasteiger charge is 2.36.